The van der Waals surface area contributed by atoms with E-state index in [1.807, 2.05) is 0 Å². The van der Waals surface area contributed by atoms with Gasteiger partial charge in [0.25, 0.3) is 5.56 Å². The second kappa shape index (κ2) is 4.35. The first-order chi connectivity index (χ1) is 7.63. The molecule has 0 aliphatic rings. The van der Waals surface area contributed by atoms with Crippen LogP contribution in [0.2, 0.25) is 0 Å². The number of aromatic amines is 1. The summed E-state index contributed by atoms with van der Waals surface area (Å²) >= 11 is 1.27. The van der Waals surface area contributed by atoms with E-state index in [1.165, 1.54) is 17.8 Å². The molecule has 0 unspecified atom stereocenters. The number of H-pyrrole nitrogens is 1. The Bertz CT molecular complexity index is 549. The second-order valence-electron chi connectivity index (χ2n) is 2.98. The molecule has 2 heterocycles. The number of rotatable bonds is 3. The molecule has 0 saturated heterocycles. The Morgan fingerprint density at radius 3 is 3.00 bits per heavy atom. The molecule has 0 bridgehead atoms. The molecule has 0 aliphatic carbocycles. The Kier molecular flexibility index (Phi) is 2.91. The number of nitrogens with one attached hydrogen (secondary N) is 1. The van der Waals surface area contributed by atoms with Gasteiger partial charge in [-0.15, -0.1) is 10.2 Å². The number of nitrogen functional groups attached to an aromatic ring is 1. The highest BCUT2D eigenvalue weighted by Crippen LogP contribution is 2.17. The third kappa shape index (κ3) is 2.60. The zero-order valence-corrected chi connectivity index (χ0v) is 9.24. The number of anilines is 1. The molecule has 0 aliphatic heterocycles. The van der Waals surface area contributed by atoms with E-state index in [0.29, 0.717) is 22.7 Å². The number of thioether (sulfide) groups is 1. The zero-order chi connectivity index (χ0) is 11.5. The molecule has 2 aromatic heterocycles. The van der Waals surface area contributed by atoms with Gasteiger partial charge in [-0.3, -0.25) is 4.79 Å². The minimum Gasteiger partial charge on any atom is -0.425 e. The summed E-state index contributed by atoms with van der Waals surface area (Å²) in [5.41, 5.74) is 5.16. The highest BCUT2D eigenvalue weighted by Gasteiger charge is 2.05. The van der Waals surface area contributed by atoms with Crippen molar-refractivity contribution in [2.45, 2.75) is 17.8 Å². The maximum absolute atomic E-state index is 11.1. The lowest BCUT2D eigenvalue weighted by Crippen LogP contribution is -2.09. The molecule has 0 spiro atoms. The van der Waals surface area contributed by atoms with Gasteiger partial charge in [0.2, 0.25) is 11.8 Å². The Morgan fingerprint density at radius 2 is 2.38 bits per heavy atom. The van der Waals surface area contributed by atoms with E-state index in [-0.39, 0.29) is 11.4 Å². The first kappa shape index (κ1) is 10.7. The van der Waals surface area contributed by atoms with E-state index in [0.717, 1.165) is 0 Å². The third-order valence-corrected chi connectivity index (χ3v) is 2.50. The summed E-state index contributed by atoms with van der Waals surface area (Å²) in [6.07, 6.45) is 0. The Hall–Kier alpha value is -1.83. The predicted molar refractivity (Wildman–Crippen MR) is 57.9 cm³/mol. The largest absolute Gasteiger partial charge is 0.425 e. The quantitative estimate of drug-likeness (QED) is 0.586. The fourth-order valence-electron chi connectivity index (χ4n) is 1.05. The second-order valence-corrected chi connectivity index (χ2v) is 3.94. The van der Waals surface area contributed by atoms with Crippen LogP contribution >= 0.6 is 11.8 Å². The van der Waals surface area contributed by atoms with Crippen LogP contribution in [0.1, 0.15) is 11.8 Å². The minimum atomic E-state index is -0.281. The monoisotopic (exact) mass is 239 g/mol. The van der Waals surface area contributed by atoms with Crippen molar-refractivity contribution in [3.63, 3.8) is 0 Å². The maximum Gasteiger partial charge on any atom is 0.253 e. The fraction of sp³-hybridized carbons (Fsp3) is 0.250. The average molecular weight is 239 g/mol. The van der Waals surface area contributed by atoms with Crippen LogP contribution in [-0.4, -0.2) is 20.2 Å². The zero-order valence-electron chi connectivity index (χ0n) is 8.43. The van der Waals surface area contributed by atoms with E-state index in [4.69, 9.17) is 10.2 Å². The molecule has 84 valence electrons. The number of nitrogens with zero attached hydrogens (tertiary/aromatic N) is 3. The highest BCUT2D eigenvalue weighted by atomic mass is 32.2. The third-order valence-electron chi connectivity index (χ3n) is 1.64. The molecule has 0 fully saturated rings. The molecule has 0 aromatic carbocycles. The summed E-state index contributed by atoms with van der Waals surface area (Å²) in [5.74, 6) is 1.61. The van der Waals surface area contributed by atoms with Gasteiger partial charge in [-0.25, -0.2) is 4.98 Å². The van der Waals surface area contributed by atoms with Crippen LogP contribution < -0.4 is 11.3 Å². The van der Waals surface area contributed by atoms with Crippen molar-refractivity contribution >= 4 is 17.6 Å². The standard InChI is InChI=1S/C8H9N5O2S/c1-4-12-13-7(15-4)3-16-8-10-5(9)2-6(14)11-8/h2H,3H2,1H3,(H3,9,10,11,14). The lowest BCUT2D eigenvalue weighted by Gasteiger charge is -1.98. The van der Waals surface area contributed by atoms with Crippen molar-refractivity contribution in [3.8, 4) is 0 Å². The molecule has 7 nitrogen and oxygen atoms in total. The minimum absolute atomic E-state index is 0.188. The van der Waals surface area contributed by atoms with E-state index in [2.05, 4.69) is 20.2 Å². The lowest BCUT2D eigenvalue weighted by molar-refractivity contribution is 0.485. The summed E-state index contributed by atoms with van der Waals surface area (Å²) in [6.45, 7) is 1.71. The first-order valence-electron chi connectivity index (χ1n) is 4.42. The van der Waals surface area contributed by atoms with Gasteiger partial charge < -0.3 is 15.1 Å². The van der Waals surface area contributed by atoms with Gasteiger partial charge in [-0.05, 0) is 0 Å². The van der Waals surface area contributed by atoms with E-state index >= 15 is 0 Å². The Morgan fingerprint density at radius 1 is 1.56 bits per heavy atom. The molecule has 0 radical (unpaired) electrons. The van der Waals surface area contributed by atoms with Crippen LogP contribution in [0.3, 0.4) is 0 Å². The molecule has 0 saturated carbocycles. The molecule has 8 heteroatoms. The van der Waals surface area contributed by atoms with Crippen LogP contribution in [0.4, 0.5) is 5.82 Å². The van der Waals surface area contributed by atoms with Crippen LogP contribution in [-0.2, 0) is 5.75 Å². The van der Waals surface area contributed by atoms with Crippen molar-refractivity contribution in [1.82, 2.24) is 20.2 Å². The van der Waals surface area contributed by atoms with Gasteiger partial charge in [0.15, 0.2) is 5.16 Å². The molecule has 3 N–H and O–H groups in total. The van der Waals surface area contributed by atoms with Gasteiger partial charge in [0.1, 0.15) is 5.82 Å². The number of nitrogens with two attached hydrogens (primary N) is 1. The van der Waals surface area contributed by atoms with Crippen molar-refractivity contribution in [2.75, 3.05) is 5.73 Å². The number of aryl methyl sites for hydroxylation is 1. The van der Waals surface area contributed by atoms with E-state index in [1.54, 1.807) is 6.92 Å². The first-order valence-corrected chi connectivity index (χ1v) is 5.40. The van der Waals surface area contributed by atoms with Gasteiger partial charge >= 0.3 is 0 Å². The van der Waals surface area contributed by atoms with Crippen LogP contribution in [0.5, 0.6) is 0 Å². The lowest BCUT2D eigenvalue weighted by atomic mass is 10.6. The SMILES string of the molecule is Cc1nnc(CSc2nc(N)cc(=O)[nH]2)o1. The molecular weight excluding hydrogens is 230 g/mol. The molecule has 16 heavy (non-hydrogen) atoms. The molecule has 2 rings (SSSR count). The topological polar surface area (TPSA) is 111 Å². The Balaban J connectivity index is 2.07. The average Bonchev–Trinajstić information content (AvgIpc) is 2.60. The van der Waals surface area contributed by atoms with Crippen molar-refractivity contribution < 1.29 is 4.42 Å². The molecule has 0 atom stereocenters. The van der Waals surface area contributed by atoms with Crippen LogP contribution in [0.15, 0.2) is 20.4 Å². The molecule has 0 amide bonds. The maximum atomic E-state index is 11.1. The van der Waals surface area contributed by atoms with Gasteiger partial charge in [0.05, 0.1) is 5.75 Å². The predicted octanol–water partition coefficient (Wildman–Crippen LogP) is 0.336. The summed E-state index contributed by atoms with van der Waals surface area (Å²) in [7, 11) is 0. The molecule has 2 aromatic rings. The van der Waals surface area contributed by atoms with Crippen molar-refractivity contribution in [3.05, 3.63) is 28.2 Å². The number of aromatic nitrogens is 4. The van der Waals surface area contributed by atoms with E-state index in [9.17, 15) is 4.79 Å². The summed E-state index contributed by atoms with van der Waals surface area (Å²) in [4.78, 5) is 17.6. The fourth-order valence-corrected chi connectivity index (χ4v) is 1.77. The van der Waals surface area contributed by atoms with Gasteiger partial charge in [-0.1, -0.05) is 11.8 Å². The number of hydrogen-bond donors (Lipinski definition) is 2. The van der Waals surface area contributed by atoms with Crippen LogP contribution in [0.25, 0.3) is 0 Å². The summed E-state index contributed by atoms with van der Waals surface area (Å²) < 4.78 is 5.17. The Labute approximate surface area is 94.5 Å². The van der Waals surface area contributed by atoms with Crippen LogP contribution in [0, 0.1) is 6.92 Å². The summed E-state index contributed by atoms with van der Waals surface area (Å²) in [6, 6.07) is 1.22. The van der Waals surface area contributed by atoms with Gasteiger partial charge in [-0.2, -0.15) is 0 Å². The summed E-state index contributed by atoms with van der Waals surface area (Å²) in [5, 5.41) is 7.94. The van der Waals surface area contributed by atoms with Crippen molar-refractivity contribution in [2.24, 2.45) is 0 Å². The highest BCUT2D eigenvalue weighted by molar-refractivity contribution is 7.98. The van der Waals surface area contributed by atoms with Crippen molar-refractivity contribution in [1.29, 1.82) is 0 Å². The smallest absolute Gasteiger partial charge is 0.253 e. The number of hydrogen-bond acceptors (Lipinski definition) is 7. The van der Waals surface area contributed by atoms with Gasteiger partial charge in [0, 0.05) is 13.0 Å². The normalized spacial score (nSPS) is 10.6. The van der Waals surface area contributed by atoms with E-state index < -0.39 is 0 Å². The molecular formula is C8H9N5O2S.